The lowest BCUT2D eigenvalue weighted by atomic mass is 9.81. The van der Waals surface area contributed by atoms with E-state index in [1.165, 1.54) is 0 Å². The van der Waals surface area contributed by atoms with Crippen LogP contribution in [0.2, 0.25) is 0 Å². The van der Waals surface area contributed by atoms with E-state index in [1.807, 2.05) is 105 Å². The highest BCUT2D eigenvalue weighted by Gasteiger charge is 2.38. The molecule has 5 rings (SSSR count). The number of benzene rings is 2. The highest BCUT2D eigenvalue weighted by molar-refractivity contribution is 6.10. The lowest BCUT2D eigenvalue weighted by molar-refractivity contribution is 0.469. The van der Waals surface area contributed by atoms with Gasteiger partial charge in [0.2, 0.25) is 0 Å². The number of allylic oxidation sites excluding steroid dienone is 2. The molecule has 0 aliphatic heterocycles. The molecule has 0 radical (unpaired) electrons. The molecule has 2 aromatic carbocycles. The molecule has 2 heterocycles. The minimum absolute atomic E-state index is 0.000725. The van der Waals surface area contributed by atoms with Crippen LogP contribution in [0, 0.1) is 22.7 Å². The van der Waals surface area contributed by atoms with E-state index >= 15 is 0 Å². The maximum absolute atomic E-state index is 9.63. The van der Waals surface area contributed by atoms with E-state index in [0.717, 1.165) is 44.6 Å². The maximum atomic E-state index is 9.63. The molecule has 192 valence electrons. The van der Waals surface area contributed by atoms with E-state index in [1.54, 1.807) is 6.08 Å². The molecule has 0 saturated heterocycles. The summed E-state index contributed by atoms with van der Waals surface area (Å²) in [5.41, 5.74) is 7.84. The third kappa shape index (κ3) is 4.75. The van der Waals surface area contributed by atoms with Crippen LogP contribution in [0.1, 0.15) is 53.3 Å². The quantitative estimate of drug-likeness (QED) is 0.252. The molecular weight excluding hydrogens is 492 g/mol. The summed E-state index contributed by atoms with van der Waals surface area (Å²) in [5.74, 6) is 0. The molecule has 40 heavy (non-hydrogen) atoms. The highest BCUT2D eigenvalue weighted by Crippen LogP contribution is 2.43. The van der Waals surface area contributed by atoms with Gasteiger partial charge in [-0.1, -0.05) is 79.9 Å². The molecule has 0 saturated carbocycles. The third-order valence-corrected chi connectivity index (χ3v) is 7.10. The Balaban J connectivity index is 1.65. The normalized spacial score (nSPS) is 15.9. The van der Waals surface area contributed by atoms with Crippen LogP contribution in [0.3, 0.4) is 0 Å². The van der Waals surface area contributed by atoms with Gasteiger partial charge in [-0.15, -0.1) is 0 Å². The van der Waals surface area contributed by atoms with Crippen LogP contribution in [-0.2, 0) is 12.0 Å². The van der Waals surface area contributed by atoms with Crippen molar-refractivity contribution in [3.63, 3.8) is 0 Å². The van der Waals surface area contributed by atoms with Crippen molar-refractivity contribution in [1.82, 2.24) is 15.0 Å². The third-order valence-electron chi connectivity index (χ3n) is 7.10. The zero-order valence-corrected chi connectivity index (χ0v) is 22.4. The molecule has 0 spiro atoms. The molecule has 6 nitrogen and oxygen atoms in total. The summed E-state index contributed by atoms with van der Waals surface area (Å²) in [5, 5.41) is 19.3. The Labute approximate surface area is 234 Å². The Bertz CT molecular complexity index is 1780. The number of nitrogens with zero attached hydrogens (tertiary/aromatic N) is 6. The van der Waals surface area contributed by atoms with Crippen molar-refractivity contribution in [2.24, 2.45) is 4.99 Å². The topological polar surface area (TPSA) is 98.6 Å². The lowest BCUT2D eigenvalue weighted by Crippen LogP contribution is -2.30. The largest absolute Gasteiger partial charge is 0.279 e. The highest BCUT2D eigenvalue weighted by atomic mass is 15.0. The zero-order valence-electron chi connectivity index (χ0n) is 22.4. The van der Waals surface area contributed by atoms with Crippen LogP contribution in [0.25, 0.3) is 40.1 Å². The summed E-state index contributed by atoms with van der Waals surface area (Å²) in [7, 11) is 0. The predicted molar refractivity (Wildman–Crippen MR) is 160 cm³/mol. The number of hydrogen-bond donors (Lipinski definition) is 0. The average molecular weight is 519 g/mol. The standard InChI is InChI=1S/C34H26N6/c1-5-22-8-12-25(13-9-22)24(7-3)21-38-34(4)17-29-32(40-31(19-36)30(18-35)39-29)28-16-27(20-37-33(28)34)26-14-10-23(6-2)11-15-26/h5-16,20-21H,1-2,17H2,3-4H3/b24-7+,38-21?. The summed E-state index contributed by atoms with van der Waals surface area (Å²) in [6, 6.07) is 22.2. The minimum atomic E-state index is -0.779. The molecule has 0 amide bonds. The Morgan fingerprint density at radius 1 is 0.925 bits per heavy atom. The molecule has 4 aromatic rings. The zero-order chi connectivity index (χ0) is 28.3. The van der Waals surface area contributed by atoms with E-state index in [9.17, 15) is 10.5 Å². The second-order valence-electron chi connectivity index (χ2n) is 9.67. The number of pyridine rings is 1. The Morgan fingerprint density at radius 2 is 1.55 bits per heavy atom. The molecule has 0 fully saturated rings. The molecule has 0 N–H and O–H groups in total. The summed E-state index contributed by atoms with van der Waals surface area (Å²) < 4.78 is 0. The van der Waals surface area contributed by atoms with Crippen LogP contribution < -0.4 is 0 Å². The Hall–Kier alpha value is -5.46. The Kier molecular flexibility index (Phi) is 7.01. The first-order chi connectivity index (χ1) is 19.4. The number of aliphatic imine (C=N–C) groups is 1. The fourth-order valence-corrected chi connectivity index (χ4v) is 4.86. The second-order valence-corrected chi connectivity index (χ2v) is 9.67. The van der Waals surface area contributed by atoms with E-state index in [-0.39, 0.29) is 11.4 Å². The fraction of sp³-hybridized carbons (Fsp3) is 0.118. The van der Waals surface area contributed by atoms with E-state index < -0.39 is 5.54 Å². The van der Waals surface area contributed by atoms with Crippen LogP contribution in [0.5, 0.6) is 0 Å². The second kappa shape index (κ2) is 10.7. The van der Waals surface area contributed by atoms with Gasteiger partial charge in [-0.25, -0.2) is 9.97 Å². The number of hydrogen-bond acceptors (Lipinski definition) is 6. The molecule has 1 aliphatic rings. The molecule has 0 bridgehead atoms. The van der Waals surface area contributed by atoms with Crippen molar-refractivity contribution in [2.75, 3.05) is 0 Å². The summed E-state index contributed by atoms with van der Waals surface area (Å²) in [4.78, 5) is 19.1. The summed E-state index contributed by atoms with van der Waals surface area (Å²) in [6.07, 6.45) is 9.71. The molecule has 1 unspecified atom stereocenters. The first-order valence-electron chi connectivity index (χ1n) is 12.8. The molecule has 1 aliphatic carbocycles. The lowest BCUT2D eigenvalue weighted by Gasteiger charge is -2.32. The number of fused-ring (bicyclic) bond motifs is 3. The van der Waals surface area contributed by atoms with Gasteiger partial charge in [0, 0.05) is 30.0 Å². The summed E-state index contributed by atoms with van der Waals surface area (Å²) in [6.45, 7) is 11.6. The van der Waals surface area contributed by atoms with E-state index in [0.29, 0.717) is 17.8 Å². The van der Waals surface area contributed by atoms with E-state index in [2.05, 4.69) is 23.1 Å². The van der Waals surface area contributed by atoms with Crippen molar-refractivity contribution < 1.29 is 0 Å². The van der Waals surface area contributed by atoms with Crippen molar-refractivity contribution in [3.8, 4) is 34.5 Å². The van der Waals surface area contributed by atoms with Gasteiger partial charge in [0.1, 0.15) is 17.7 Å². The van der Waals surface area contributed by atoms with Gasteiger partial charge in [0.25, 0.3) is 0 Å². The van der Waals surface area contributed by atoms with Crippen molar-refractivity contribution in [1.29, 1.82) is 10.5 Å². The van der Waals surface area contributed by atoms with Gasteiger partial charge >= 0.3 is 0 Å². The molecule has 6 heteroatoms. The van der Waals surface area contributed by atoms with Crippen LogP contribution in [0.4, 0.5) is 0 Å². The number of aromatic nitrogens is 3. The predicted octanol–water partition coefficient (Wildman–Crippen LogP) is 7.18. The van der Waals surface area contributed by atoms with Gasteiger partial charge < -0.3 is 0 Å². The van der Waals surface area contributed by atoms with Crippen LogP contribution >= 0.6 is 0 Å². The SMILES string of the molecule is C=Cc1ccc(/C(C=NC2(C)Cc3nc(C#N)c(C#N)nc3-c3cc(-c4ccc(C=C)cc4)cnc32)=C/C)cc1. The average Bonchev–Trinajstić information content (AvgIpc) is 3.01. The van der Waals surface area contributed by atoms with E-state index in [4.69, 9.17) is 9.98 Å². The van der Waals surface area contributed by atoms with Gasteiger partial charge in [0.05, 0.1) is 17.1 Å². The molecule has 1 atom stereocenters. The Morgan fingerprint density at radius 3 is 2.15 bits per heavy atom. The molecular formula is C34H26N6. The molecule has 2 aromatic heterocycles. The van der Waals surface area contributed by atoms with Crippen molar-refractivity contribution >= 4 is 23.9 Å². The first-order valence-corrected chi connectivity index (χ1v) is 12.8. The monoisotopic (exact) mass is 518 g/mol. The van der Waals surface area contributed by atoms with Crippen molar-refractivity contribution in [2.45, 2.75) is 25.8 Å². The van der Waals surface area contributed by atoms with Gasteiger partial charge in [-0.2, -0.15) is 10.5 Å². The van der Waals surface area contributed by atoms with Gasteiger partial charge in [0.15, 0.2) is 11.4 Å². The van der Waals surface area contributed by atoms with Crippen LogP contribution in [0.15, 0.2) is 85.0 Å². The number of rotatable bonds is 6. The maximum Gasteiger partial charge on any atom is 0.177 e. The smallest absolute Gasteiger partial charge is 0.177 e. The van der Waals surface area contributed by atoms with Gasteiger partial charge in [-0.3, -0.25) is 9.98 Å². The minimum Gasteiger partial charge on any atom is -0.279 e. The van der Waals surface area contributed by atoms with Crippen LogP contribution in [-0.4, -0.2) is 21.2 Å². The number of nitriles is 2. The van der Waals surface area contributed by atoms with Gasteiger partial charge in [-0.05, 0) is 47.7 Å². The first kappa shape index (κ1) is 26.2. The summed E-state index contributed by atoms with van der Waals surface area (Å²) >= 11 is 0. The van der Waals surface area contributed by atoms with Crippen molar-refractivity contribution in [3.05, 3.63) is 119 Å². The fourth-order valence-electron chi connectivity index (χ4n) is 4.86.